The van der Waals surface area contributed by atoms with Gasteiger partial charge in [-0.25, -0.2) is 9.37 Å². The lowest BCUT2D eigenvalue weighted by molar-refractivity contribution is 0.0948. The topological polar surface area (TPSA) is 57.8 Å². The molecule has 0 atom stereocenters. The molecule has 0 spiro atoms. The van der Waals surface area contributed by atoms with Crippen LogP contribution >= 0.6 is 0 Å². The van der Waals surface area contributed by atoms with Gasteiger partial charge in [-0.05, 0) is 75.9 Å². The summed E-state index contributed by atoms with van der Waals surface area (Å²) in [6.45, 7) is 13.4. The van der Waals surface area contributed by atoms with Gasteiger partial charge < -0.3 is 10.3 Å². The van der Waals surface area contributed by atoms with Crippen LogP contribution in [0.3, 0.4) is 0 Å². The molecule has 192 valence electrons. The quantitative estimate of drug-likeness (QED) is 0.258. The normalized spacial score (nSPS) is 11.5. The summed E-state index contributed by atoms with van der Waals surface area (Å²) in [5, 5.41) is 3.16. The molecule has 3 aromatic carbocycles. The van der Waals surface area contributed by atoms with Gasteiger partial charge in [-0.3, -0.25) is 4.79 Å². The van der Waals surface area contributed by atoms with E-state index in [4.69, 9.17) is 0 Å². The molecule has 37 heavy (non-hydrogen) atoms. The van der Waals surface area contributed by atoms with Gasteiger partial charge in [0.1, 0.15) is 11.6 Å². The maximum absolute atomic E-state index is 13.5. The van der Waals surface area contributed by atoms with E-state index in [1.54, 1.807) is 18.3 Å². The molecule has 0 bridgehead atoms. The smallest absolute Gasteiger partial charge is 0.252 e. The molecule has 0 radical (unpaired) electrons. The molecule has 0 aliphatic carbocycles. The van der Waals surface area contributed by atoms with Crippen molar-refractivity contribution in [3.05, 3.63) is 100 Å². The molecule has 0 saturated carbocycles. The number of H-pyrrole nitrogens is 1. The number of aromatic amines is 1. The monoisotopic (exact) mass is 497 g/mol. The number of hydrogen-bond acceptors (Lipinski definition) is 2. The maximum atomic E-state index is 13.5. The molecular weight excluding hydrogens is 461 g/mol. The van der Waals surface area contributed by atoms with E-state index in [1.807, 2.05) is 24.3 Å². The Labute approximate surface area is 219 Å². The Morgan fingerprint density at radius 2 is 1.51 bits per heavy atom. The van der Waals surface area contributed by atoms with Gasteiger partial charge in [-0.2, -0.15) is 0 Å². The number of hydrogen-bond donors (Lipinski definition) is 2. The van der Waals surface area contributed by atoms with E-state index in [0.29, 0.717) is 12.5 Å². The van der Waals surface area contributed by atoms with Gasteiger partial charge in [0, 0.05) is 17.7 Å². The zero-order valence-electron chi connectivity index (χ0n) is 22.5. The number of halogens is 1. The third-order valence-corrected chi connectivity index (χ3v) is 6.74. The zero-order valence-corrected chi connectivity index (χ0v) is 22.5. The van der Waals surface area contributed by atoms with Crippen molar-refractivity contribution in [2.45, 2.75) is 65.8 Å². The fourth-order valence-corrected chi connectivity index (χ4v) is 4.56. The minimum Gasteiger partial charge on any atom is -0.348 e. The van der Waals surface area contributed by atoms with Crippen LogP contribution in [0.2, 0.25) is 0 Å². The highest BCUT2D eigenvalue weighted by atomic mass is 19.1. The van der Waals surface area contributed by atoms with Crippen molar-refractivity contribution < 1.29 is 9.18 Å². The van der Waals surface area contributed by atoms with Gasteiger partial charge in [0.25, 0.3) is 5.91 Å². The largest absolute Gasteiger partial charge is 0.348 e. The summed E-state index contributed by atoms with van der Waals surface area (Å²) in [5.74, 6) is 1.31. The summed E-state index contributed by atoms with van der Waals surface area (Å²) in [5.41, 5.74) is 7.88. The van der Waals surface area contributed by atoms with Crippen molar-refractivity contribution in [2.24, 2.45) is 0 Å². The fraction of sp³-hybridized carbons (Fsp3) is 0.312. The molecule has 2 N–H and O–H groups in total. The summed E-state index contributed by atoms with van der Waals surface area (Å²) < 4.78 is 13.3. The first-order valence-corrected chi connectivity index (χ1v) is 13.0. The number of carbonyl (C=O) groups is 1. The number of nitrogens with zero attached hydrogens (tertiary/aromatic N) is 1. The third-order valence-electron chi connectivity index (χ3n) is 6.74. The Balaban J connectivity index is 1.56. The molecule has 0 saturated heterocycles. The minimum absolute atomic E-state index is 0.0373. The van der Waals surface area contributed by atoms with Crippen molar-refractivity contribution in [1.29, 1.82) is 0 Å². The first kappa shape index (κ1) is 26.3. The molecule has 0 unspecified atom stereocenters. The van der Waals surface area contributed by atoms with Crippen LogP contribution in [-0.2, 0) is 6.54 Å². The fourth-order valence-electron chi connectivity index (χ4n) is 4.56. The van der Waals surface area contributed by atoms with Crippen molar-refractivity contribution in [3.63, 3.8) is 0 Å². The molecule has 4 nitrogen and oxygen atoms in total. The van der Waals surface area contributed by atoms with Gasteiger partial charge >= 0.3 is 0 Å². The molecule has 0 aliphatic heterocycles. The predicted molar refractivity (Wildman–Crippen MR) is 149 cm³/mol. The molecule has 1 aromatic heterocycles. The summed E-state index contributed by atoms with van der Waals surface area (Å²) >= 11 is 0. The molecule has 0 aliphatic rings. The highest BCUT2D eigenvalue weighted by Gasteiger charge is 2.22. The first-order valence-electron chi connectivity index (χ1n) is 13.0. The van der Waals surface area contributed by atoms with Gasteiger partial charge in [0.15, 0.2) is 0 Å². The Morgan fingerprint density at radius 1 is 0.865 bits per heavy atom. The maximum Gasteiger partial charge on any atom is 0.252 e. The highest BCUT2D eigenvalue weighted by Crippen LogP contribution is 2.32. The summed E-state index contributed by atoms with van der Waals surface area (Å²) in [6, 6.07) is 18.7. The number of amides is 1. The number of imidazole rings is 1. The van der Waals surface area contributed by atoms with E-state index in [2.05, 4.69) is 69.0 Å². The number of aromatic nitrogens is 2. The van der Waals surface area contributed by atoms with Gasteiger partial charge in [-0.15, -0.1) is 0 Å². The van der Waals surface area contributed by atoms with Crippen LogP contribution in [0, 0.1) is 5.82 Å². The van der Waals surface area contributed by atoms with Gasteiger partial charge in [-0.1, -0.05) is 71.9 Å². The first-order chi connectivity index (χ1) is 17.6. The van der Waals surface area contributed by atoms with Crippen LogP contribution in [-0.4, -0.2) is 15.9 Å². The zero-order chi connectivity index (χ0) is 26.7. The molecule has 4 aromatic rings. The van der Waals surface area contributed by atoms with Crippen LogP contribution < -0.4 is 5.32 Å². The van der Waals surface area contributed by atoms with Gasteiger partial charge in [0.2, 0.25) is 0 Å². The molecule has 0 fully saturated rings. The van der Waals surface area contributed by atoms with Crippen LogP contribution in [0.15, 0.2) is 66.9 Å². The van der Waals surface area contributed by atoms with Gasteiger partial charge in [0.05, 0.1) is 11.9 Å². The molecule has 4 rings (SSSR count). The average molecular weight is 498 g/mol. The Hall–Kier alpha value is -3.73. The number of benzene rings is 3. The van der Waals surface area contributed by atoms with Crippen molar-refractivity contribution in [1.82, 2.24) is 15.3 Å². The lowest BCUT2D eigenvalue weighted by Gasteiger charge is -2.22. The van der Waals surface area contributed by atoms with E-state index in [9.17, 15) is 9.18 Å². The Morgan fingerprint density at radius 3 is 2.11 bits per heavy atom. The van der Waals surface area contributed by atoms with Crippen LogP contribution in [0.25, 0.3) is 22.6 Å². The second-order valence-electron chi connectivity index (χ2n) is 10.6. The summed E-state index contributed by atoms with van der Waals surface area (Å²) in [4.78, 5) is 21.4. The summed E-state index contributed by atoms with van der Waals surface area (Å²) in [7, 11) is 0. The number of rotatable bonds is 8. The molecular formula is C32H36FN3O. The second-order valence-corrected chi connectivity index (χ2v) is 10.6. The predicted octanol–water partition coefficient (Wildman–Crippen LogP) is 8.18. The van der Waals surface area contributed by atoms with Crippen molar-refractivity contribution >= 4 is 5.91 Å². The van der Waals surface area contributed by atoms with E-state index < -0.39 is 0 Å². The Bertz CT molecular complexity index is 1350. The highest BCUT2D eigenvalue weighted by molar-refractivity contribution is 5.97. The van der Waals surface area contributed by atoms with Crippen LogP contribution in [0.4, 0.5) is 4.39 Å². The van der Waals surface area contributed by atoms with Crippen LogP contribution in [0.5, 0.6) is 0 Å². The molecule has 5 heteroatoms. The average Bonchev–Trinajstić information content (AvgIpc) is 3.37. The minimum atomic E-state index is -0.268. The lowest BCUT2D eigenvalue weighted by atomic mass is 9.84. The molecule has 1 amide bonds. The number of nitrogens with one attached hydrogen (secondary N) is 2. The number of carbonyl (C=O) groups excluding carboxylic acids is 1. The SMILES string of the molecule is CC(C)c1cc(C(C)C)c(C(=O)NCc2cccc(-c3ncc(-c4ccc(F)cc4)[nH]3)c2)c(C(C)C)c1. The van der Waals surface area contributed by atoms with Crippen molar-refractivity contribution in [3.8, 4) is 22.6 Å². The van der Waals surface area contributed by atoms with E-state index in [0.717, 1.165) is 44.9 Å². The standard InChI is InChI=1S/C32H36FN3O/c1-19(2)25-15-27(20(3)4)30(28(16-25)21(5)6)32(37)35-17-22-8-7-9-24(14-22)31-34-18-29(36-31)23-10-12-26(33)13-11-23/h7-16,18-21H,17H2,1-6H3,(H,34,36)(H,35,37). The van der Waals surface area contributed by atoms with E-state index >= 15 is 0 Å². The third kappa shape index (κ3) is 5.99. The summed E-state index contributed by atoms with van der Waals surface area (Å²) in [6.07, 6.45) is 1.75. The second kappa shape index (κ2) is 11.1. The Kier molecular flexibility index (Phi) is 7.91. The van der Waals surface area contributed by atoms with E-state index in [-0.39, 0.29) is 23.6 Å². The molecule has 1 heterocycles. The van der Waals surface area contributed by atoms with Crippen molar-refractivity contribution in [2.75, 3.05) is 0 Å². The van der Waals surface area contributed by atoms with Crippen LogP contribution in [0.1, 0.15) is 91.9 Å². The lowest BCUT2D eigenvalue weighted by Crippen LogP contribution is -2.26. The van der Waals surface area contributed by atoms with E-state index in [1.165, 1.54) is 17.7 Å².